The Morgan fingerprint density at radius 1 is 1.03 bits per heavy atom. The van der Waals surface area contributed by atoms with Crippen molar-refractivity contribution in [2.75, 3.05) is 26.1 Å². The lowest BCUT2D eigenvalue weighted by Gasteiger charge is -2.13. The van der Waals surface area contributed by atoms with Crippen molar-refractivity contribution in [2.45, 2.75) is 27.2 Å². The highest BCUT2D eigenvalue weighted by atomic mass is 32.1. The molecule has 0 aliphatic heterocycles. The topological polar surface area (TPSA) is 86.8 Å². The van der Waals surface area contributed by atoms with Crippen molar-refractivity contribution in [1.29, 1.82) is 0 Å². The van der Waals surface area contributed by atoms with Crippen molar-refractivity contribution in [3.8, 4) is 22.8 Å². The molecule has 0 spiro atoms. The summed E-state index contributed by atoms with van der Waals surface area (Å²) in [7, 11) is 3.17. The summed E-state index contributed by atoms with van der Waals surface area (Å²) < 4.78 is 16.2. The number of pyridine rings is 1. The molecule has 0 aliphatic carbocycles. The number of nitrogens with zero attached hydrogens (tertiary/aromatic N) is 1. The standard InChI is InChI=1S/C28H28N2O5S/c1-6-18-16(3)36-27(25(18)28(32)35-7-2)30-26(31)21-15-23(29-22-11-9-8-10-19(21)22)20-13-12-17(33-4)14-24(20)34-5/h8-15H,6-7H2,1-5H3,(H,30,31). The quantitative estimate of drug-likeness (QED) is 0.284. The summed E-state index contributed by atoms with van der Waals surface area (Å²) in [5.41, 5.74) is 3.72. The van der Waals surface area contributed by atoms with Crippen LogP contribution in [0.1, 0.15) is 45.0 Å². The van der Waals surface area contributed by atoms with E-state index in [0.29, 0.717) is 50.6 Å². The monoisotopic (exact) mass is 504 g/mol. The van der Waals surface area contributed by atoms with Crippen LogP contribution in [0, 0.1) is 6.92 Å². The molecule has 0 bridgehead atoms. The minimum absolute atomic E-state index is 0.256. The molecule has 0 fully saturated rings. The number of amides is 1. The number of thiophene rings is 1. The Balaban J connectivity index is 1.82. The number of rotatable bonds is 8. The molecule has 36 heavy (non-hydrogen) atoms. The van der Waals surface area contributed by atoms with Crippen molar-refractivity contribution >= 4 is 39.1 Å². The average molecular weight is 505 g/mol. The van der Waals surface area contributed by atoms with Crippen LogP contribution in [-0.4, -0.2) is 37.7 Å². The van der Waals surface area contributed by atoms with Gasteiger partial charge in [-0.25, -0.2) is 9.78 Å². The molecule has 1 N–H and O–H groups in total. The minimum atomic E-state index is -0.433. The molecule has 0 saturated heterocycles. The van der Waals surface area contributed by atoms with Gasteiger partial charge in [0.25, 0.3) is 5.91 Å². The maximum Gasteiger partial charge on any atom is 0.341 e. The van der Waals surface area contributed by atoms with Gasteiger partial charge in [0.05, 0.1) is 43.2 Å². The van der Waals surface area contributed by atoms with E-state index in [-0.39, 0.29) is 12.5 Å². The lowest BCUT2D eigenvalue weighted by molar-refractivity contribution is 0.0527. The van der Waals surface area contributed by atoms with Crippen molar-refractivity contribution in [1.82, 2.24) is 4.98 Å². The normalized spacial score (nSPS) is 10.8. The first kappa shape index (κ1) is 25.2. The highest BCUT2D eigenvalue weighted by Crippen LogP contribution is 2.37. The number of carbonyl (C=O) groups excluding carboxylic acids is 2. The minimum Gasteiger partial charge on any atom is -0.497 e. The lowest BCUT2D eigenvalue weighted by atomic mass is 10.0. The Morgan fingerprint density at radius 2 is 1.81 bits per heavy atom. The van der Waals surface area contributed by atoms with E-state index in [2.05, 4.69) is 5.32 Å². The number of aryl methyl sites for hydroxylation is 1. The number of esters is 1. The van der Waals surface area contributed by atoms with Gasteiger partial charge >= 0.3 is 5.97 Å². The third-order valence-electron chi connectivity index (χ3n) is 5.91. The smallest absolute Gasteiger partial charge is 0.341 e. The predicted octanol–water partition coefficient (Wildman–Crippen LogP) is 6.28. The van der Waals surface area contributed by atoms with E-state index in [0.717, 1.165) is 16.0 Å². The fourth-order valence-electron chi connectivity index (χ4n) is 4.19. The van der Waals surface area contributed by atoms with E-state index >= 15 is 0 Å². The summed E-state index contributed by atoms with van der Waals surface area (Å²) in [5, 5.41) is 4.16. The summed E-state index contributed by atoms with van der Waals surface area (Å²) in [6, 6.07) is 14.7. The van der Waals surface area contributed by atoms with Crippen LogP contribution in [-0.2, 0) is 11.2 Å². The van der Waals surface area contributed by atoms with Gasteiger partial charge in [-0.3, -0.25) is 4.79 Å². The Hall–Kier alpha value is -3.91. The van der Waals surface area contributed by atoms with Gasteiger partial charge in [-0.1, -0.05) is 25.1 Å². The van der Waals surface area contributed by atoms with Gasteiger partial charge in [0.15, 0.2) is 0 Å². The molecular formula is C28H28N2O5S. The van der Waals surface area contributed by atoms with Gasteiger partial charge in [0.2, 0.25) is 0 Å². The van der Waals surface area contributed by atoms with Gasteiger partial charge in [-0.15, -0.1) is 11.3 Å². The molecule has 2 aromatic carbocycles. The van der Waals surface area contributed by atoms with Gasteiger partial charge in [0.1, 0.15) is 16.5 Å². The summed E-state index contributed by atoms with van der Waals surface area (Å²) in [4.78, 5) is 32.2. The second-order valence-corrected chi connectivity index (χ2v) is 9.23. The van der Waals surface area contributed by atoms with Crippen LogP contribution in [0.4, 0.5) is 5.00 Å². The number of aromatic nitrogens is 1. The maximum atomic E-state index is 13.7. The number of hydrogen-bond donors (Lipinski definition) is 1. The molecule has 0 radical (unpaired) electrons. The molecule has 0 aliphatic rings. The van der Waals surface area contributed by atoms with Crippen molar-refractivity contribution < 1.29 is 23.8 Å². The third kappa shape index (κ3) is 4.77. The fourth-order valence-corrected chi connectivity index (χ4v) is 5.32. The molecule has 1 amide bonds. The Kier molecular flexibility index (Phi) is 7.55. The Bertz CT molecular complexity index is 1440. The van der Waals surface area contributed by atoms with Crippen LogP contribution >= 0.6 is 11.3 Å². The van der Waals surface area contributed by atoms with Crippen LogP contribution in [0.3, 0.4) is 0 Å². The van der Waals surface area contributed by atoms with Crippen molar-refractivity contribution in [2.24, 2.45) is 0 Å². The molecule has 2 aromatic heterocycles. The summed E-state index contributed by atoms with van der Waals surface area (Å²) >= 11 is 1.38. The zero-order valence-electron chi connectivity index (χ0n) is 20.9. The van der Waals surface area contributed by atoms with E-state index in [9.17, 15) is 9.59 Å². The SMILES string of the molecule is CCOC(=O)c1c(NC(=O)c2cc(-c3ccc(OC)cc3OC)nc3ccccc23)sc(C)c1CC. The molecule has 4 rings (SSSR count). The molecule has 2 heterocycles. The number of para-hydroxylation sites is 1. The predicted molar refractivity (Wildman–Crippen MR) is 143 cm³/mol. The zero-order chi connectivity index (χ0) is 25.8. The van der Waals surface area contributed by atoms with Gasteiger partial charge in [-0.05, 0) is 50.1 Å². The van der Waals surface area contributed by atoms with E-state index in [4.69, 9.17) is 19.2 Å². The van der Waals surface area contributed by atoms with Crippen LogP contribution < -0.4 is 14.8 Å². The molecule has 4 aromatic rings. The summed E-state index contributed by atoms with van der Waals surface area (Å²) in [5.74, 6) is 0.462. The molecule has 7 nitrogen and oxygen atoms in total. The number of hydrogen-bond acceptors (Lipinski definition) is 7. The molecule has 0 saturated carbocycles. The van der Waals surface area contributed by atoms with E-state index in [1.807, 2.05) is 50.2 Å². The third-order valence-corrected chi connectivity index (χ3v) is 6.98. The maximum absolute atomic E-state index is 13.7. The van der Waals surface area contributed by atoms with Gasteiger partial charge in [0, 0.05) is 21.9 Å². The van der Waals surface area contributed by atoms with E-state index < -0.39 is 5.97 Å². The number of carbonyl (C=O) groups is 2. The van der Waals surface area contributed by atoms with Crippen LogP contribution in [0.25, 0.3) is 22.2 Å². The van der Waals surface area contributed by atoms with Crippen molar-refractivity contribution in [3.63, 3.8) is 0 Å². The van der Waals surface area contributed by atoms with Gasteiger partial charge < -0.3 is 19.5 Å². The first-order valence-corrected chi connectivity index (χ1v) is 12.5. The van der Waals surface area contributed by atoms with Crippen LogP contribution in [0.15, 0.2) is 48.5 Å². The Labute approximate surface area is 214 Å². The highest BCUT2D eigenvalue weighted by Gasteiger charge is 2.25. The van der Waals surface area contributed by atoms with Gasteiger partial charge in [-0.2, -0.15) is 0 Å². The number of nitrogens with one attached hydrogen (secondary N) is 1. The number of methoxy groups -OCH3 is 2. The lowest BCUT2D eigenvalue weighted by Crippen LogP contribution is -2.16. The molecule has 8 heteroatoms. The van der Waals surface area contributed by atoms with E-state index in [1.54, 1.807) is 33.3 Å². The number of fused-ring (bicyclic) bond motifs is 1. The molecular weight excluding hydrogens is 476 g/mol. The number of benzene rings is 2. The van der Waals surface area contributed by atoms with E-state index in [1.165, 1.54) is 11.3 Å². The second-order valence-electron chi connectivity index (χ2n) is 8.01. The molecule has 186 valence electrons. The first-order valence-electron chi connectivity index (χ1n) is 11.6. The number of ether oxygens (including phenoxy) is 3. The highest BCUT2D eigenvalue weighted by molar-refractivity contribution is 7.16. The van der Waals surface area contributed by atoms with Crippen LogP contribution in [0.5, 0.6) is 11.5 Å². The molecule has 0 atom stereocenters. The Morgan fingerprint density at radius 3 is 2.50 bits per heavy atom. The van der Waals surface area contributed by atoms with Crippen molar-refractivity contribution in [3.05, 3.63) is 70.1 Å². The zero-order valence-corrected chi connectivity index (χ0v) is 21.7. The average Bonchev–Trinajstić information content (AvgIpc) is 3.21. The first-order chi connectivity index (χ1) is 17.4. The summed E-state index contributed by atoms with van der Waals surface area (Å²) in [6.07, 6.45) is 0.659. The second kappa shape index (κ2) is 10.8. The fraction of sp³-hybridized carbons (Fsp3) is 0.250. The largest absolute Gasteiger partial charge is 0.497 e. The number of anilines is 1. The summed E-state index contributed by atoms with van der Waals surface area (Å²) in [6.45, 7) is 5.94. The van der Waals surface area contributed by atoms with Crippen LogP contribution in [0.2, 0.25) is 0 Å². The molecule has 0 unspecified atom stereocenters.